The summed E-state index contributed by atoms with van der Waals surface area (Å²) < 4.78 is 16.9. The fourth-order valence-corrected chi connectivity index (χ4v) is 9.04. The average Bonchev–Trinajstić information content (AvgIpc) is 3.35. The Hall–Kier alpha value is -2.37. The maximum absolute atomic E-state index is 12.8. The third kappa shape index (κ3) is 56.4. The lowest BCUT2D eigenvalue weighted by Crippen LogP contribution is -2.30. The van der Waals surface area contributed by atoms with Crippen molar-refractivity contribution in [1.82, 2.24) is 0 Å². The molecule has 0 fully saturated rings. The molecule has 0 rings (SSSR count). The lowest BCUT2D eigenvalue weighted by molar-refractivity contribution is -0.167. The Balaban J connectivity index is 4.16. The maximum Gasteiger partial charge on any atom is 0.306 e. The largest absolute Gasteiger partial charge is 0.462 e. The standard InChI is InChI=1S/C63H116O6/c1-4-7-10-13-16-19-22-24-26-27-28-29-30-31-32-33-34-35-36-37-38-40-41-44-47-50-53-56-62(65)68-59-60(58-67-61(64)55-52-49-46-43-21-18-15-12-9-6-3)69-63(66)57-54-51-48-45-42-39-25-23-20-17-14-11-8-5-2/h22,24,27-28,30-31,60H,4-21,23,25-26,29,32-59H2,1-3H3/b24-22-,28-27-,31-30-. The quantitative estimate of drug-likeness (QED) is 0.0261. The zero-order valence-corrected chi connectivity index (χ0v) is 46.3. The summed E-state index contributed by atoms with van der Waals surface area (Å²) in [6.07, 6.45) is 70.1. The molecule has 0 heterocycles. The molecule has 0 aliphatic heterocycles. The summed E-state index contributed by atoms with van der Waals surface area (Å²) in [5.74, 6) is -0.851. The Kier molecular flexibility index (Phi) is 56.2. The van der Waals surface area contributed by atoms with Crippen LogP contribution in [0.1, 0.15) is 329 Å². The third-order valence-corrected chi connectivity index (χ3v) is 13.6. The van der Waals surface area contributed by atoms with Gasteiger partial charge in [-0.15, -0.1) is 0 Å². The zero-order chi connectivity index (χ0) is 50.0. The number of hydrogen-bond acceptors (Lipinski definition) is 6. The molecule has 1 unspecified atom stereocenters. The van der Waals surface area contributed by atoms with Crippen molar-refractivity contribution in [2.24, 2.45) is 0 Å². The number of rotatable bonds is 56. The van der Waals surface area contributed by atoms with Crippen LogP contribution in [0.3, 0.4) is 0 Å². The Morgan fingerprint density at radius 1 is 0.290 bits per heavy atom. The van der Waals surface area contributed by atoms with Gasteiger partial charge in [0, 0.05) is 19.3 Å². The summed E-state index contributed by atoms with van der Waals surface area (Å²) in [4.78, 5) is 38.1. The van der Waals surface area contributed by atoms with E-state index in [1.54, 1.807) is 0 Å². The highest BCUT2D eigenvalue weighted by Gasteiger charge is 2.19. The summed E-state index contributed by atoms with van der Waals surface area (Å²) in [7, 11) is 0. The van der Waals surface area contributed by atoms with Gasteiger partial charge in [0.15, 0.2) is 6.10 Å². The minimum atomic E-state index is -0.767. The highest BCUT2D eigenvalue weighted by Crippen LogP contribution is 2.17. The first-order valence-electron chi connectivity index (χ1n) is 30.5. The van der Waals surface area contributed by atoms with Gasteiger partial charge in [0.1, 0.15) is 13.2 Å². The van der Waals surface area contributed by atoms with Crippen LogP contribution >= 0.6 is 0 Å². The van der Waals surface area contributed by atoms with Gasteiger partial charge in [-0.1, -0.05) is 288 Å². The molecule has 0 bridgehead atoms. The number of esters is 3. The third-order valence-electron chi connectivity index (χ3n) is 13.6. The minimum Gasteiger partial charge on any atom is -0.462 e. The molecule has 0 N–H and O–H groups in total. The van der Waals surface area contributed by atoms with Crippen LogP contribution in [-0.4, -0.2) is 37.2 Å². The van der Waals surface area contributed by atoms with E-state index in [0.29, 0.717) is 19.3 Å². The number of unbranched alkanes of at least 4 members (excludes halogenated alkanes) is 39. The predicted octanol–water partition coefficient (Wildman–Crippen LogP) is 20.4. The topological polar surface area (TPSA) is 78.9 Å². The minimum absolute atomic E-state index is 0.0672. The summed E-state index contributed by atoms with van der Waals surface area (Å²) in [5.41, 5.74) is 0. The molecule has 6 nitrogen and oxygen atoms in total. The molecule has 0 aliphatic rings. The molecule has 404 valence electrons. The molecule has 6 heteroatoms. The summed E-state index contributed by atoms with van der Waals surface area (Å²) in [6, 6.07) is 0. The van der Waals surface area contributed by atoms with E-state index in [2.05, 4.69) is 57.2 Å². The first kappa shape index (κ1) is 66.6. The number of allylic oxidation sites excluding steroid dienone is 6. The molecule has 69 heavy (non-hydrogen) atoms. The van der Waals surface area contributed by atoms with E-state index < -0.39 is 6.10 Å². The number of carbonyl (C=O) groups excluding carboxylic acids is 3. The van der Waals surface area contributed by atoms with Crippen molar-refractivity contribution < 1.29 is 28.6 Å². The summed E-state index contributed by atoms with van der Waals surface area (Å²) in [6.45, 7) is 6.66. The van der Waals surface area contributed by atoms with Crippen LogP contribution in [0.5, 0.6) is 0 Å². The monoisotopic (exact) mass is 969 g/mol. The molecule has 0 aromatic carbocycles. The van der Waals surface area contributed by atoms with Crippen molar-refractivity contribution in [2.45, 2.75) is 335 Å². The first-order valence-corrected chi connectivity index (χ1v) is 30.5. The SMILES string of the molecule is CCCCCCC/C=C\C/C=C\C/C=C\CCCCCCCCCCCCCCC(=O)OCC(COC(=O)CCCCCCCCCCCC)OC(=O)CCCCCCCCCCCCCCCC. The molecule has 0 spiro atoms. The van der Waals surface area contributed by atoms with E-state index in [0.717, 1.165) is 70.6 Å². The van der Waals surface area contributed by atoms with E-state index in [9.17, 15) is 14.4 Å². The molecule has 0 amide bonds. The van der Waals surface area contributed by atoms with Crippen molar-refractivity contribution in [3.8, 4) is 0 Å². The molecule has 1 atom stereocenters. The van der Waals surface area contributed by atoms with Gasteiger partial charge in [-0.25, -0.2) is 0 Å². The molecule has 0 aromatic heterocycles. The maximum atomic E-state index is 12.8. The normalized spacial score (nSPS) is 12.2. The number of ether oxygens (including phenoxy) is 3. The molecule has 0 saturated heterocycles. The second-order valence-corrected chi connectivity index (χ2v) is 20.6. The van der Waals surface area contributed by atoms with Crippen molar-refractivity contribution in [1.29, 1.82) is 0 Å². The van der Waals surface area contributed by atoms with Crippen molar-refractivity contribution >= 4 is 17.9 Å². The van der Waals surface area contributed by atoms with Crippen LogP contribution in [0.2, 0.25) is 0 Å². The molecular formula is C63H116O6. The molecule has 0 aliphatic carbocycles. The Morgan fingerprint density at radius 3 is 0.812 bits per heavy atom. The highest BCUT2D eigenvalue weighted by molar-refractivity contribution is 5.71. The van der Waals surface area contributed by atoms with Gasteiger partial charge in [0.25, 0.3) is 0 Å². The van der Waals surface area contributed by atoms with Crippen LogP contribution < -0.4 is 0 Å². The molecule has 0 radical (unpaired) electrons. The fraction of sp³-hybridized carbons (Fsp3) is 0.857. The summed E-state index contributed by atoms with van der Waals surface area (Å²) >= 11 is 0. The number of hydrogen-bond donors (Lipinski definition) is 0. The van der Waals surface area contributed by atoms with Crippen molar-refractivity contribution in [3.05, 3.63) is 36.5 Å². The van der Waals surface area contributed by atoms with Gasteiger partial charge in [-0.3, -0.25) is 14.4 Å². The van der Waals surface area contributed by atoms with E-state index in [1.807, 2.05) is 0 Å². The van der Waals surface area contributed by atoms with Crippen molar-refractivity contribution in [3.63, 3.8) is 0 Å². The lowest BCUT2D eigenvalue weighted by atomic mass is 10.0. The van der Waals surface area contributed by atoms with Gasteiger partial charge in [0.2, 0.25) is 0 Å². The Morgan fingerprint density at radius 2 is 0.522 bits per heavy atom. The van der Waals surface area contributed by atoms with Gasteiger partial charge < -0.3 is 14.2 Å². The van der Waals surface area contributed by atoms with Crippen LogP contribution in [0.15, 0.2) is 36.5 Å². The van der Waals surface area contributed by atoms with E-state index in [-0.39, 0.29) is 31.1 Å². The fourth-order valence-electron chi connectivity index (χ4n) is 9.04. The highest BCUT2D eigenvalue weighted by atomic mass is 16.6. The van der Waals surface area contributed by atoms with Crippen LogP contribution in [-0.2, 0) is 28.6 Å². The first-order chi connectivity index (χ1) is 34.0. The van der Waals surface area contributed by atoms with E-state index in [4.69, 9.17) is 14.2 Å². The zero-order valence-electron chi connectivity index (χ0n) is 46.3. The summed E-state index contributed by atoms with van der Waals surface area (Å²) in [5, 5.41) is 0. The molecule has 0 saturated carbocycles. The van der Waals surface area contributed by atoms with Gasteiger partial charge in [0.05, 0.1) is 0 Å². The van der Waals surface area contributed by atoms with Crippen LogP contribution in [0, 0.1) is 0 Å². The lowest BCUT2D eigenvalue weighted by Gasteiger charge is -2.18. The van der Waals surface area contributed by atoms with Crippen molar-refractivity contribution in [2.75, 3.05) is 13.2 Å². The van der Waals surface area contributed by atoms with E-state index >= 15 is 0 Å². The number of carbonyl (C=O) groups is 3. The second-order valence-electron chi connectivity index (χ2n) is 20.6. The van der Waals surface area contributed by atoms with Gasteiger partial charge in [-0.05, 0) is 57.8 Å². The van der Waals surface area contributed by atoms with Gasteiger partial charge in [-0.2, -0.15) is 0 Å². The Labute approximate surface area is 429 Å². The predicted molar refractivity (Wildman–Crippen MR) is 298 cm³/mol. The van der Waals surface area contributed by atoms with Gasteiger partial charge >= 0.3 is 17.9 Å². The van der Waals surface area contributed by atoms with E-state index in [1.165, 1.54) is 218 Å². The molecule has 0 aromatic rings. The smallest absolute Gasteiger partial charge is 0.306 e. The second kappa shape index (κ2) is 58.2. The molecular weight excluding hydrogens is 853 g/mol. The Bertz CT molecular complexity index is 1160. The van der Waals surface area contributed by atoms with Crippen LogP contribution in [0.4, 0.5) is 0 Å². The average molecular weight is 970 g/mol. The van der Waals surface area contributed by atoms with Crippen LogP contribution in [0.25, 0.3) is 0 Å².